The van der Waals surface area contributed by atoms with Crippen molar-refractivity contribution < 1.29 is 39.5 Å². The number of carbonyl (C=O) groups excluding carboxylic acids is 1. The van der Waals surface area contributed by atoms with Gasteiger partial charge in [0.15, 0.2) is 0 Å². The Hall–Kier alpha value is 0.420. The molecule has 0 amide bonds. The van der Waals surface area contributed by atoms with Gasteiger partial charge in [0.05, 0.1) is 5.97 Å². The minimum Gasteiger partial charge on any atom is -0.545 e. The van der Waals surface area contributed by atoms with Gasteiger partial charge in [-0.1, -0.05) is 12.1 Å². The van der Waals surface area contributed by atoms with Crippen molar-refractivity contribution in [2.45, 2.75) is 6.92 Å². The molecule has 2 nitrogen and oxygen atoms in total. The molecule has 1 aromatic carbocycles. The van der Waals surface area contributed by atoms with Gasteiger partial charge < -0.3 is 9.90 Å². The molecule has 0 heterocycles. The van der Waals surface area contributed by atoms with E-state index in [9.17, 15) is 9.90 Å². The smallest absolute Gasteiger partial charge is 0.545 e. The van der Waals surface area contributed by atoms with Gasteiger partial charge >= 0.3 is 29.6 Å². The van der Waals surface area contributed by atoms with Crippen LogP contribution in [0.25, 0.3) is 0 Å². The third-order valence-corrected chi connectivity index (χ3v) is 2.33. The molecular weight excluding hydrogens is 278 g/mol. The van der Waals surface area contributed by atoms with E-state index >= 15 is 0 Å². The summed E-state index contributed by atoms with van der Waals surface area (Å²) >= 11 is 1.98. The first kappa shape index (κ1) is 12.4. The first-order valence-corrected chi connectivity index (χ1v) is 4.17. The van der Waals surface area contributed by atoms with E-state index in [0.717, 1.165) is 9.13 Å². The Bertz CT molecular complexity index is 279. The fourth-order valence-electron chi connectivity index (χ4n) is 0.890. The van der Waals surface area contributed by atoms with E-state index in [-0.39, 0.29) is 29.6 Å². The van der Waals surface area contributed by atoms with E-state index in [2.05, 4.69) is 0 Å². The minimum absolute atomic E-state index is 0. The zero-order valence-electron chi connectivity index (χ0n) is 6.93. The van der Waals surface area contributed by atoms with Crippen molar-refractivity contribution in [3.05, 3.63) is 32.9 Å². The molecule has 0 atom stereocenters. The second-order valence-electron chi connectivity index (χ2n) is 2.22. The van der Waals surface area contributed by atoms with Crippen LogP contribution in [-0.2, 0) is 0 Å². The largest absolute Gasteiger partial charge is 1.00 e. The number of carboxylic acid groups (broad SMARTS) is 1. The average Bonchev–Trinajstić information content (AvgIpc) is 1.85. The van der Waals surface area contributed by atoms with Crippen molar-refractivity contribution >= 4 is 28.6 Å². The number of aromatic carboxylic acids is 1. The standard InChI is InChI=1S/C8H7IO2.Na/c1-5-3-2-4-6(9)7(5)8(10)11;/h2-4H,1H3,(H,10,11);/q;+1/p-1. The van der Waals surface area contributed by atoms with Gasteiger partial charge in [-0.25, -0.2) is 0 Å². The van der Waals surface area contributed by atoms with Crippen LogP contribution in [-0.4, -0.2) is 5.97 Å². The Balaban J connectivity index is 0.00000121. The summed E-state index contributed by atoms with van der Waals surface area (Å²) in [6, 6.07) is 5.33. The second kappa shape index (κ2) is 5.21. The van der Waals surface area contributed by atoms with Crippen LogP contribution >= 0.6 is 22.6 Å². The summed E-state index contributed by atoms with van der Waals surface area (Å²) in [7, 11) is 0. The van der Waals surface area contributed by atoms with Crippen LogP contribution in [0.15, 0.2) is 18.2 Å². The number of rotatable bonds is 1. The normalized spacial score (nSPS) is 8.83. The van der Waals surface area contributed by atoms with Crippen molar-refractivity contribution in [1.29, 1.82) is 0 Å². The van der Waals surface area contributed by atoms with Crippen LogP contribution in [0.2, 0.25) is 0 Å². The molecule has 0 aliphatic heterocycles. The summed E-state index contributed by atoms with van der Waals surface area (Å²) in [6.07, 6.45) is 0. The minimum atomic E-state index is -1.10. The molecule has 0 saturated heterocycles. The van der Waals surface area contributed by atoms with Crippen molar-refractivity contribution in [1.82, 2.24) is 0 Å². The average molecular weight is 284 g/mol. The predicted octanol–water partition coefficient (Wildman–Crippen LogP) is -2.03. The Kier molecular flexibility index (Phi) is 5.40. The molecule has 1 aromatic rings. The van der Waals surface area contributed by atoms with Crippen molar-refractivity contribution in [2.24, 2.45) is 0 Å². The van der Waals surface area contributed by atoms with Gasteiger partial charge in [0.1, 0.15) is 0 Å². The van der Waals surface area contributed by atoms with Crippen molar-refractivity contribution in [3.8, 4) is 0 Å². The van der Waals surface area contributed by atoms with Gasteiger partial charge in [0, 0.05) is 9.13 Å². The molecule has 0 fully saturated rings. The molecule has 0 aromatic heterocycles. The van der Waals surface area contributed by atoms with Crippen LogP contribution in [0.3, 0.4) is 0 Å². The van der Waals surface area contributed by atoms with Gasteiger partial charge in [-0.3, -0.25) is 0 Å². The molecule has 0 bridgehead atoms. The first-order chi connectivity index (χ1) is 5.13. The molecule has 1 rings (SSSR count). The number of hydrogen-bond acceptors (Lipinski definition) is 2. The number of carbonyl (C=O) groups is 1. The number of benzene rings is 1. The first-order valence-electron chi connectivity index (χ1n) is 3.09. The molecule has 12 heavy (non-hydrogen) atoms. The van der Waals surface area contributed by atoms with E-state index in [4.69, 9.17) is 0 Å². The topological polar surface area (TPSA) is 40.1 Å². The van der Waals surface area contributed by atoms with Crippen LogP contribution in [0.4, 0.5) is 0 Å². The molecule has 0 N–H and O–H groups in total. The van der Waals surface area contributed by atoms with E-state index in [0.29, 0.717) is 5.56 Å². The van der Waals surface area contributed by atoms with E-state index in [1.807, 2.05) is 28.7 Å². The number of hydrogen-bond donors (Lipinski definition) is 0. The Morgan fingerprint density at radius 2 is 2.08 bits per heavy atom. The molecule has 0 unspecified atom stereocenters. The third kappa shape index (κ3) is 2.73. The fraction of sp³-hybridized carbons (Fsp3) is 0.125. The summed E-state index contributed by atoms with van der Waals surface area (Å²) in [5.41, 5.74) is 1.05. The Morgan fingerprint density at radius 1 is 1.50 bits per heavy atom. The molecule has 0 aliphatic carbocycles. The van der Waals surface area contributed by atoms with Crippen molar-refractivity contribution in [2.75, 3.05) is 0 Å². The summed E-state index contributed by atoms with van der Waals surface area (Å²) in [5, 5.41) is 10.5. The second-order valence-corrected chi connectivity index (χ2v) is 3.38. The summed E-state index contributed by atoms with van der Waals surface area (Å²) in [5.74, 6) is -1.10. The summed E-state index contributed by atoms with van der Waals surface area (Å²) in [6.45, 7) is 1.76. The molecule has 0 saturated carbocycles. The van der Waals surface area contributed by atoms with Crippen LogP contribution in [0.1, 0.15) is 15.9 Å². The van der Waals surface area contributed by atoms with E-state index in [1.54, 1.807) is 19.1 Å². The number of carboxylic acids is 1. The molecular formula is C8H6INaO2. The van der Waals surface area contributed by atoms with Gasteiger partial charge in [-0.05, 0) is 41.1 Å². The summed E-state index contributed by atoms with van der Waals surface area (Å²) in [4.78, 5) is 10.5. The van der Waals surface area contributed by atoms with Gasteiger partial charge in [0.2, 0.25) is 0 Å². The molecule has 58 valence electrons. The van der Waals surface area contributed by atoms with E-state index in [1.165, 1.54) is 0 Å². The van der Waals surface area contributed by atoms with Crippen molar-refractivity contribution in [3.63, 3.8) is 0 Å². The summed E-state index contributed by atoms with van der Waals surface area (Å²) < 4.78 is 0.725. The van der Waals surface area contributed by atoms with Crippen LogP contribution in [0, 0.1) is 10.5 Å². The molecule has 0 spiro atoms. The molecule has 0 radical (unpaired) electrons. The number of halogens is 1. The maximum absolute atomic E-state index is 10.5. The SMILES string of the molecule is Cc1cccc(I)c1C(=O)[O-].[Na+]. The van der Waals surface area contributed by atoms with Crippen LogP contribution in [0.5, 0.6) is 0 Å². The Labute approximate surface area is 107 Å². The maximum Gasteiger partial charge on any atom is 1.00 e. The third-order valence-electron chi connectivity index (χ3n) is 1.43. The zero-order valence-corrected chi connectivity index (χ0v) is 11.1. The molecule has 4 heteroatoms. The van der Waals surface area contributed by atoms with Crippen LogP contribution < -0.4 is 34.7 Å². The zero-order chi connectivity index (χ0) is 8.43. The maximum atomic E-state index is 10.5. The quantitative estimate of drug-likeness (QED) is 0.441. The predicted molar refractivity (Wildman–Crippen MR) is 48.2 cm³/mol. The fourth-order valence-corrected chi connectivity index (χ4v) is 1.74. The van der Waals surface area contributed by atoms with Gasteiger partial charge in [0.25, 0.3) is 0 Å². The Morgan fingerprint density at radius 3 is 2.42 bits per heavy atom. The van der Waals surface area contributed by atoms with Gasteiger partial charge in [-0.2, -0.15) is 0 Å². The van der Waals surface area contributed by atoms with Gasteiger partial charge in [-0.15, -0.1) is 0 Å². The van der Waals surface area contributed by atoms with E-state index < -0.39 is 5.97 Å². The monoisotopic (exact) mass is 284 g/mol. The number of aryl methyl sites for hydroxylation is 1. The molecule has 0 aliphatic rings.